The van der Waals surface area contributed by atoms with Crippen molar-refractivity contribution < 1.29 is 14.0 Å². The largest absolute Gasteiger partial charge is 0.456 e. The van der Waals surface area contributed by atoms with Gasteiger partial charge in [-0.1, -0.05) is 6.92 Å². The molecule has 1 aliphatic heterocycles. The van der Waals surface area contributed by atoms with Gasteiger partial charge in [-0.25, -0.2) is 0 Å². The second kappa shape index (κ2) is 7.43. The molecule has 0 aliphatic carbocycles. The first-order chi connectivity index (χ1) is 11.7. The van der Waals surface area contributed by atoms with Gasteiger partial charge < -0.3 is 9.32 Å². The SMILES string of the molecule is CCCc1ccc(C(=O)N2CCC(C(=O)c3cccnc3)CC2)o1. The standard InChI is InChI=1S/C19H22N2O3/c1-2-4-16-6-7-17(24-16)19(23)21-11-8-14(9-12-21)18(22)15-5-3-10-20-13-15/h3,5-7,10,13-14H,2,4,8-9,11-12H2,1H3. The van der Waals surface area contributed by atoms with E-state index in [-0.39, 0.29) is 17.6 Å². The first kappa shape index (κ1) is 16.4. The quantitative estimate of drug-likeness (QED) is 0.790. The number of hydrogen-bond acceptors (Lipinski definition) is 4. The predicted molar refractivity (Wildman–Crippen MR) is 89.9 cm³/mol. The summed E-state index contributed by atoms with van der Waals surface area (Å²) in [7, 11) is 0. The highest BCUT2D eigenvalue weighted by Gasteiger charge is 2.29. The van der Waals surface area contributed by atoms with Crippen molar-refractivity contribution in [2.45, 2.75) is 32.6 Å². The van der Waals surface area contributed by atoms with E-state index >= 15 is 0 Å². The molecule has 1 amide bonds. The molecule has 3 rings (SSSR count). The lowest BCUT2D eigenvalue weighted by Gasteiger charge is -2.30. The number of ketones is 1. The molecule has 24 heavy (non-hydrogen) atoms. The van der Waals surface area contributed by atoms with Gasteiger partial charge in [-0.15, -0.1) is 0 Å². The van der Waals surface area contributed by atoms with Crippen LogP contribution in [-0.4, -0.2) is 34.7 Å². The molecule has 0 atom stereocenters. The number of Topliss-reactive ketones (excluding diaryl/α,β-unsaturated/α-hetero) is 1. The number of aromatic nitrogens is 1. The average molecular weight is 326 g/mol. The topological polar surface area (TPSA) is 63.4 Å². The van der Waals surface area contributed by atoms with Crippen LogP contribution in [-0.2, 0) is 6.42 Å². The fourth-order valence-corrected chi connectivity index (χ4v) is 3.12. The number of carbonyl (C=O) groups excluding carboxylic acids is 2. The Kier molecular flexibility index (Phi) is 5.08. The van der Waals surface area contributed by atoms with Crippen LogP contribution in [0.1, 0.15) is 52.9 Å². The molecular formula is C19H22N2O3. The van der Waals surface area contributed by atoms with Crippen molar-refractivity contribution in [1.29, 1.82) is 0 Å². The molecule has 1 fully saturated rings. The Morgan fingerprint density at radius 2 is 2.04 bits per heavy atom. The van der Waals surface area contributed by atoms with Gasteiger partial charge in [0, 0.05) is 43.4 Å². The van der Waals surface area contributed by atoms with Crippen LogP contribution in [0.2, 0.25) is 0 Å². The smallest absolute Gasteiger partial charge is 0.289 e. The zero-order valence-electron chi connectivity index (χ0n) is 13.9. The van der Waals surface area contributed by atoms with Crippen LogP contribution in [0, 0.1) is 5.92 Å². The highest BCUT2D eigenvalue weighted by Crippen LogP contribution is 2.23. The first-order valence-corrected chi connectivity index (χ1v) is 8.51. The molecule has 0 N–H and O–H groups in total. The van der Waals surface area contributed by atoms with Crippen molar-refractivity contribution in [3.8, 4) is 0 Å². The Morgan fingerprint density at radius 3 is 2.71 bits per heavy atom. The lowest BCUT2D eigenvalue weighted by Crippen LogP contribution is -2.40. The lowest BCUT2D eigenvalue weighted by molar-refractivity contribution is 0.0623. The zero-order valence-corrected chi connectivity index (χ0v) is 13.9. The summed E-state index contributed by atoms with van der Waals surface area (Å²) in [6, 6.07) is 7.19. The number of pyridine rings is 1. The third-order valence-electron chi connectivity index (χ3n) is 4.47. The summed E-state index contributed by atoms with van der Waals surface area (Å²) >= 11 is 0. The highest BCUT2D eigenvalue weighted by atomic mass is 16.4. The molecule has 126 valence electrons. The van der Waals surface area contributed by atoms with E-state index in [1.54, 1.807) is 35.5 Å². The van der Waals surface area contributed by atoms with E-state index in [2.05, 4.69) is 11.9 Å². The molecule has 0 unspecified atom stereocenters. The Bertz CT molecular complexity index is 700. The maximum absolute atomic E-state index is 12.5. The van der Waals surface area contributed by atoms with Gasteiger partial charge >= 0.3 is 0 Å². The number of piperidine rings is 1. The minimum atomic E-state index is -0.0790. The minimum absolute atomic E-state index is 0.0366. The molecule has 3 heterocycles. The Balaban J connectivity index is 1.58. The van der Waals surface area contributed by atoms with Crippen LogP contribution >= 0.6 is 0 Å². The maximum Gasteiger partial charge on any atom is 0.289 e. The third-order valence-corrected chi connectivity index (χ3v) is 4.47. The van der Waals surface area contributed by atoms with Crippen molar-refractivity contribution in [1.82, 2.24) is 9.88 Å². The van der Waals surface area contributed by atoms with E-state index < -0.39 is 0 Å². The number of nitrogens with zero attached hydrogens (tertiary/aromatic N) is 2. The first-order valence-electron chi connectivity index (χ1n) is 8.51. The van der Waals surface area contributed by atoms with Crippen molar-refractivity contribution in [2.75, 3.05) is 13.1 Å². The summed E-state index contributed by atoms with van der Waals surface area (Å²) in [6.45, 7) is 3.24. The molecule has 0 radical (unpaired) electrons. The molecule has 0 saturated carbocycles. The van der Waals surface area contributed by atoms with E-state index in [1.165, 1.54) is 0 Å². The lowest BCUT2D eigenvalue weighted by atomic mass is 9.89. The number of amides is 1. The summed E-state index contributed by atoms with van der Waals surface area (Å²) < 4.78 is 5.62. The van der Waals surface area contributed by atoms with E-state index in [1.807, 2.05) is 6.07 Å². The second-order valence-electron chi connectivity index (χ2n) is 6.19. The van der Waals surface area contributed by atoms with Gasteiger partial charge in [0.05, 0.1) is 0 Å². The van der Waals surface area contributed by atoms with Gasteiger partial charge in [0.1, 0.15) is 5.76 Å². The summed E-state index contributed by atoms with van der Waals surface area (Å²) in [4.78, 5) is 30.7. The summed E-state index contributed by atoms with van der Waals surface area (Å²) in [6.07, 6.45) is 6.47. The van der Waals surface area contributed by atoms with Crippen LogP contribution in [0.5, 0.6) is 0 Å². The normalized spacial score (nSPS) is 15.5. The molecule has 0 bridgehead atoms. The number of likely N-dealkylation sites (tertiary alicyclic amines) is 1. The molecule has 2 aromatic rings. The average Bonchev–Trinajstić information content (AvgIpc) is 3.10. The molecule has 5 heteroatoms. The van der Waals surface area contributed by atoms with Crippen molar-refractivity contribution >= 4 is 11.7 Å². The van der Waals surface area contributed by atoms with Gasteiger partial charge in [-0.2, -0.15) is 0 Å². The van der Waals surface area contributed by atoms with Gasteiger partial charge in [0.15, 0.2) is 11.5 Å². The van der Waals surface area contributed by atoms with E-state index in [9.17, 15) is 9.59 Å². The molecule has 1 saturated heterocycles. The number of aryl methyl sites for hydroxylation is 1. The summed E-state index contributed by atoms with van der Waals surface area (Å²) in [5.41, 5.74) is 0.650. The van der Waals surface area contributed by atoms with E-state index in [4.69, 9.17) is 4.42 Å². The number of carbonyl (C=O) groups is 2. The summed E-state index contributed by atoms with van der Waals surface area (Å²) in [5.74, 6) is 1.26. The molecular weight excluding hydrogens is 304 g/mol. The van der Waals surface area contributed by atoms with Crippen LogP contribution in [0.3, 0.4) is 0 Å². The van der Waals surface area contributed by atoms with Crippen LogP contribution in [0.4, 0.5) is 0 Å². The summed E-state index contributed by atoms with van der Waals surface area (Å²) in [5, 5.41) is 0. The number of rotatable bonds is 5. The molecule has 0 aromatic carbocycles. The number of hydrogen-bond donors (Lipinski definition) is 0. The fourth-order valence-electron chi connectivity index (χ4n) is 3.12. The van der Waals surface area contributed by atoms with Crippen molar-refractivity contribution in [2.24, 2.45) is 5.92 Å². The van der Waals surface area contributed by atoms with Crippen molar-refractivity contribution in [3.63, 3.8) is 0 Å². The zero-order chi connectivity index (χ0) is 16.9. The second-order valence-corrected chi connectivity index (χ2v) is 6.19. The Morgan fingerprint density at radius 1 is 1.25 bits per heavy atom. The molecule has 0 spiro atoms. The van der Waals surface area contributed by atoms with Gasteiger partial charge in [0.2, 0.25) is 0 Å². The van der Waals surface area contributed by atoms with E-state index in [0.717, 1.165) is 18.6 Å². The number of furan rings is 1. The minimum Gasteiger partial charge on any atom is -0.456 e. The third kappa shape index (κ3) is 3.55. The molecule has 1 aliphatic rings. The van der Waals surface area contributed by atoms with Crippen LogP contribution < -0.4 is 0 Å². The van der Waals surface area contributed by atoms with Gasteiger partial charge in [-0.3, -0.25) is 14.6 Å². The predicted octanol–water partition coefficient (Wildman–Crippen LogP) is 3.36. The Labute approximate surface area is 141 Å². The van der Waals surface area contributed by atoms with Crippen LogP contribution in [0.15, 0.2) is 41.1 Å². The fraction of sp³-hybridized carbons (Fsp3) is 0.421. The molecule has 2 aromatic heterocycles. The van der Waals surface area contributed by atoms with Gasteiger partial charge in [0.25, 0.3) is 5.91 Å². The maximum atomic E-state index is 12.5. The Hall–Kier alpha value is -2.43. The monoisotopic (exact) mass is 326 g/mol. The highest BCUT2D eigenvalue weighted by molar-refractivity contribution is 5.98. The van der Waals surface area contributed by atoms with Crippen LogP contribution in [0.25, 0.3) is 0 Å². The van der Waals surface area contributed by atoms with Gasteiger partial charge in [-0.05, 0) is 43.5 Å². The van der Waals surface area contributed by atoms with E-state index in [0.29, 0.717) is 37.3 Å². The van der Waals surface area contributed by atoms with Crippen molar-refractivity contribution in [3.05, 3.63) is 53.7 Å². The molecule has 5 nitrogen and oxygen atoms in total.